The van der Waals surface area contributed by atoms with Gasteiger partial charge >= 0.3 is 15.6 Å². The predicted molar refractivity (Wildman–Crippen MR) is 140 cm³/mol. The minimum absolute atomic E-state index is 0.192. The van der Waals surface area contributed by atoms with Gasteiger partial charge in [0.1, 0.15) is 36.6 Å². The Morgan fingerprint density at radius 3 is 1.49 bits per heavy atom. The summed E-state index contributed by atoms with van der Waals surface area (Å²) >= 11 is 0. The van der Waals surface area contributed by atoms with Gasteiger partial charge in [0.25, 0.3) is 0 Å². The van der Waals surface area contributed by atoms with Crippen LogP contribution in [0, 0.1) is 0 Å². The third-order valence-corrected chi connectivity index (χ3v) is 9.35. The Balaban J connectivity index is 1.29. The number of aliphatic hydroxyl groups excluding tert-OH is 4. The van der Waals surface area contributed by atoms with Gasteiger partial charge in [-0.2, -0.15) is 4.31 Å². The molecule has 0 aromatic carbocycles. The van der Waals surface area contributed by atoms with Gasteiger partial charge in [0.05, 0.1) is 13.2 Å². The van der Waals surface area contributed by atoms with Crippen molar-refractivity contribution in [3.05, 3.63) is 48.1 Å². The SMILES string of the molecule is NC(=O)C1=CN([C@@H]2O[C@H](COP(=O)(O)OP(=O)(O)OC[C@H]3O[C@@H](N4C=CCC(C(N)=O)=C4)[C@H](O)[C@@H]3O)[C@@H](O)[C@H]2O)C=CC1. The van der Waals surface area contributed by atoms with Gasteiger partial charge < -0.3 is 61.0 Å². The maximum atomic E-state index is 12.4. The van der Waals surface area contributed by atoms with E-state index in [0.717, 1.165) is 0 Å². The lowest BCUT2D eigenvalue weighted by Gasteiger charge is -2.28. The average Bonchev–Trinajstić information content (AvgIpc) is 3.40. The van der Waals surface area contributed by atoms with E-state index in [4.69, 9.17) is 20.9 Å². The summed E-state index contributed by atoms with van der Waals surface area (Å²) in [6.45, 7) is -1.79. The topological polar surface area (TPSA) is 294 Å². The Morgan fingerprint density at radius 1 is 0.767 bits per heavy atom. The van der Waals surface area contributed by atoms with Crippen LogP contribution >= 0.6 is 15.6 Å². The number of carbonyl (C=O) groups excluding carboxylic acids is 2. The molecular weight excluding hydrogens is 622 g/mol. The highest BCUT2D eigenvalue weighted by Gasteiger charge is 2.48. The first-order valence-corrected chi connectivity index (χ1v) is 15.7. The fourth-order valence-electron chi connectivity index (χ4n) is 4.54. The molecule has 0 saturated carbocycles. The Hall–Kier alpha value is -2.48. The highest BCUT2D eigenvalue weighted by Crippen LogP contribution is 2.60. The average molecular weight is 654 g/mol. The van der Waals surface area contributed by atoms with Crippen molar-refractivity contribution in [1.82, 2.24) is 9.80 Å². The number of rotatable bonds is 12. The molecule has 0 bridgehead atoms. The number of nitrogens with zero attached hydrogens (tertiary/aromatic N) is 2. The third kappa shape index (κ3) is 7.98. The van der Waals surface area contributed by atoms with Crippen molar-refractivity contribution in [2.75, 3.05) is 13.2 Å². The van der Waals surface area contributed by atoms with E-state index in [-0.39, 0.29) is 24.0 Å². The molecule has 0 aromatic heterocycles. The number of carbonyl (C=O) groups is 2. The van der Waals surface area contributed by atoms with Crippen LogP contribution in [0.15, 0.2) is 48.1 Å². The largest absolute Gasteiger partial charge is 0.481 e. The fourth-order valence-corrected chi connectivity index (χ4v) is 6.63. The number of amides is 2. The van der Waals surface area contributed by atoms with E-state index in [1.54, 1.807) is 12.2 Å². The van der Waals surface area contributed by atoms with Crippen LogP contribution in [0.1, 0.15) is 12.8 Å². The van der Waals surface area contributed by atoms with E-state index in [9.17, 15) is 48.9 Å². The molecule has 21 heteroatoms. The lowest BCUT2D eigenvalue weighted by molar-refractivity contribution is -0.115. The van der Waals surface area contributed by atoms with E-state index in [2.05, 4.69) is 13.4 Å². The summed E-state index contributed by atoms with van der Waals surface area (Å²) in [5.74, 6) is -1.42. The monoisotopic (exact) mass is 654 g/mol. The Kier molecular flexibility index (Phi) is 10.3. The molecule has 4 heterocycles. The van der Waals surface area contributed by atoms with Gasteiger partial charge in [-0.3, -0.25) is 18.6 Å². The lowest BCUT2D eigenvalue weighted by Crippen LogP contribution is -2.40. The van der Waals surface area contributed by atoms with Crippen LogP contribution in [0.3, 0.4) is 0 Å². The van der Waals surface area contributed by atoms with Gasteiger partial charge in [-0.15, -0.1) is 0 Å². The van der Waals surface area contributed by atoms with Crippen LogP contribution in [0.2, 0.25) is 0 Å². The summed E-state index contributed by atoms with van der Waals surface area (Å²) in [6.07, 6.45) is -2.65. The number of ether oxygens (including phenoxy) is 2. The van der Waals surface area contributed by atoms with Crippen molar-refractivity contribution in [3.8, 4) is 0 Å². The number of phosphoric ester groups is 2. The quantitative estimate of drug-likeness (QED) is 0.0994. The maximum Gasteiger partial charge on any atom is 0.481 e. The number of hydrogen-bond donors (Lipinski definition) is 8. The molecule has 2 unspecified atom stereocenters. The fraction of sp³-hybridized carbons (Fsp3) is 0.545. The molecule has 240 valence electrons. The van der Waals surface area contributed by atoms with E-state index in [1.807, 2.05) is 0 Å². The molecule has 0 spiro atoms. The first-order valence-electron chi connectivity index (χ1n) is 12.7. The van der Waals surface area contributed by atoms with Gasteiger partial charge in [-0.25, -0.2) is 9.13 Å². The van der Waals surface area contributed by atoms with Crippen molar-refractivity contribution < 1.29 is 71.8 Å². The molecule has 0 radical (unpaired) electrons. The van der Waals surface area contributed by atoms with E-state index in [0.29, 0.717) is 0 Å². The molecule has 2 amide bonds. The number of allylic oxidation sites excluding steroid dienone is 2. The Morgan fingerprint density at radius 2 is 1.14 bits per heavy atom. The zero-order valence-electron chi connectivity index (χ0n) is 22.2. The summed E-state index contributed by atoms with van der Waals surface area (Å²) in [4.78, 5) is 45.4. The van der Waals surface area contributed by atoms with Crippen LogP contribution < -0.4 is 11.5 Å². The summed E-state index contributed by atoms with van der Waals surface area (Å²) in [6, 6.07) is 0. The minimum Gasteiger partial charge on any atom is -0.387 e. The van der Waals surface area contributed by atoms with Gasteiger partial charge in [-0.1, -0.05) is 12.2 Å². The first kappa shape index (κ1) is 33.4. The number of hydrogen-bond acceptors (Lipinski definition) is 15. The van der Waals surface area contributed by atoms with Crippen LogP contribution in [0.5, 0.6) is 0 Å². The lowest BCUT2D eigenvalue weighted by atomic mass is 10.1. The number of phosphoric acid groups is 2. The van der Waals surface area contributed by atoms with Crippen LogP contribution in [-0.4, -0.2) is 114 Å². The van der Waals surface area contributed by atoms with Crippen LogP contribution in [0.4, 0.5) is 0 Å². The minimum atomic E-state index is -5.36. The van der Waals surface area contributed by atoms with Gasteiger partial charge in [-0.05, 0) is 12.8 Å². The number of nitrogens with two attached hydrogens (primary N) is 2. The molecule has 0 aromatic rings. The summed E-state index contributed by atoms with van der Waals surface area (Å²) in [7, 11) is -10.7. The van der Waals surface area contributed by atoms with E-state index in [1.165, 1.54) is 34.6 Å². The zero-order chi connectivity index (χ0) is 31.7. The Labute approximate surface area is 244 Å². The predicted octanol–water partition coefficient (Wildman–Crippen LogP) is -2.69. The molecule has 2 saturated heterocycles. The molecule has 10 atom stereocenters. The highest BCUT2D eigenvalue weighted by atomic mass is 31.3. The van der Waals surface area contributed by atoms with Gasteiger partial charge in [0, 0.05) is 35.9 Å². The summed E-state index contributed by atoms with van der Waals surface area (Å²) in [5, 5.41) is 41.4. The van der Waals surface area contributed by atoms with Crippen LogP contribution in [0.25, 0.3) is 0 Å². The number of aliphatic hydroxyl groups is 4. The second kappa shape index (κ2) is 13.3. The molecular formula is C22H32N4O15P2. The number of primary amides is 2. The van der Waals surface area contributed by atoms with Crippen molar-refractivity contribution >= 4 is 27.5 Å². The molecule has 43 heavy (non-hydrogen) atoms. The van der Waals surface area contributed by atoms with Crippen molar-refractivity contribution in [2.24, 2.45) is 11.5 Å². The Bertz CT molecular complexity index is 1210. The first-order chi connectivity index (χ1) is 20.1. The van der Waals surface area contributed by atoms with Crippen LogP contribution in [-0.2, 0) is 41.6 Å². The van der Waals surface area contributed by atoms with Gasteiger partial charge in [0.2, 0.25) is 11.8 Å². The summed E-state index contributed by atoms with van der Waals surface area (Å²) in [5.41, 5.74) is 10.9. The molecule has 4 aliphatic rings. The zero-order valence-corrected chi connectivity index (χ0v) is 24.0. The maximum absolute atomic E-state index is 12.4. The smallest absolute Gasteiger partial charge is 0.387 e. The van der Waals surface area contributed by atoms with Gasteiger partial charge in [0.15, 0.2) is 12.5 Å². The third-order valence-electron chi connectivity index (χ3n) is 6.75. The summed E-state index contributed by atoms with van der Waals surface area (Å²) < 4.78 is 49.3. The van der Waals surface area contributed by atoms with E-state index >= 15 is 0 Å². The standard InChI is InChI=1S/C22H32N4O15P2/c23-19(31)11-3-1-5-25(7-11)21-17(29)15(27)13(39-21)9-37-42(33,34)41-43(35,36)38-10-14-16(28)18(30)22(40-14)26-6-2-4-12(8-26)20(24)32/h1-2,5-8,13-18,21-22,27-30H,3-4,9-10H2,(H2,23,31)(H2,24,32)(H,33,34)(H,35,36)/t13-,14-,15-,16-,17-,18-,21-,22-/m1/s1. The molecule has 10 N–H and O–H groups in total. The molecule has 4 aliphatic heterocycles. The second-order valence-corrected chi connectivity index (χ2v) is 12.9. The van der Waals surface area contributed by atoms with E-state index < -0.39 is 89.8 Å². The molecule has 19 nitrogen and oxygen atoms in total. The molecule has 2 fully saturated rings. The van der Waals surface area contributed by atoms with Crippen molar-refractivity contribution in [2.45, 2.75) is 61.9 Å². The highest BCUT2D eigenvalue weighted by molar-refractivity contribution is 7.61. The second-order valence-electron chi connectivity index (χ2n) is 9.81. The molecule has 4 rings (SSSR count). The van der Waals surface area contributed by atoms with Crippen molar-refractivity contribution in [3.63, 3.8) is 0 Å². The molecule has 0 aliphatic carbocycles. The van der Waals surface area contributed by atoms with Crippen molar-refractivity contribution in [1.29, 1.82) is 0 Å². The normalized spacial score (nSPS) is 35.3.